The molecule has 0 saturated carbocycles. The summed E-state index contributed by atoms with van der Waals surface area (Å²) in [5, 5.41) is 20.9. The first-order chi connectivity index (χ1) is 17.3. The number of carbonyl (C=O) groups is 2. The van der Waals surface area contributed by atoms with Gasteiger partial charge in [-0.1, -0.05) is 44.2 Å². The Labute approximate surface area is 217 Å². The van der Waals surface area contributed by atoms with Crippen LogP contribution >= 0.6 is 0 Å². The minimum absolute atomic E-state index is 0.0975. The zero-order valence-corrected chi connectivity index (χ0v) is 21.9. The van der Waals surface area contributed by atoms with Crippen LogP contribution in [-0.4, -0.2) is 68.9 Å². The van der Waals surface area contributed by atoms with Crippen LogP contribution in [0.5, 0.6) is 0 Å². The first-order valence-electron chi connectivity index (χ1n) is 12.4. The fourth-order valence-electron chi connectivity index (χ4n) is 5.29. The van der Waals surface area contributed by atoms with Crippen LogP contribution in [-0.2, 0) is 27.9 Å². The molecule has 8 nitrogen and oxygen atoms in total. The Hall–Kier alpha value is -3.61. The molecule has 8 heteroatoms. The standard InChI is InChI=1S/C29H34N2O6/c1-28(2,3)37-27(36)31-14-20-9-7-6-8-18(20)13-23(31)25(33)15-30-17-29(4,5)22-12-19(26(34)35)10-11-21(22)24(30)16-32/h6-12,23,25,33H,13-15,17H2,1-5H3,(H,34,35)/t23-,25+/m1/s1. The minimum atomic E-state index is -1.03. The molecule has 0 aliphatic carbocycles. The van der Waals surface area contributed by atoms with E-state index in [-0.39, 0.29) is 17.8 Å². The van der Waals surface area contributed by atoms with Gasteiger partial charge < -0.3 is 19.8 Å². The monoisotopic (exact) mass is 506 g/mol. The lowest BCUT2D eigenvalue weighted by Crippen LogP contribution is -2.55. The van der Waals surface area contributed by atoms with Crippen molar-refractivity contribution in [3.8, 4) is 0 Å². The molecule has 2 N–H and O–H groups in total. The molecular weight excluding hydrogens is 472 g/mol. The number of aliphatic hydroxyl groups is 1. The van der Waals surface area contributed by atoms with Crippen LogP contribution in [0.4, 0.5) is 4.79 Å². The fourth-order valence-corrected chi connectivity index (χ4v) is 5.29. The maximum atomic E-state index is 13.2. The second-order valence-corrected chi connectivity index (χ2v) is 11.5. The zero-order valence-electron chi connectivity index (χ0n) is 21.9. The van der Waals surface area contributed by atoms with Gasteiger partial charge in [0.15, 0.2) is 5.94 Å². The Bertz CT molecular complexity index is 1270. The predicted molar refractivity (Wildman–Crippen MR) is 139 cm³/mol. The number of amides is 1. The highest BCUT2D eigenvalue weighted by Gasteiger charge is 2.41. The number of carbonyl (C=O) groups excluding carboxylic acids is 2. The SMILES string of the molecule is CC(C)(C)OC(=O)N1Cc2ccccc2C[C@@H]1[C@@H](O)CN1CC(C)(C)c2cc(C(=O)O)ccc2C1=C=O. The Morgan fingerprint density at radius 2 is 1.84 bits per heavy atom. The molecule has 0 fully saturated rings. The molecule has 0 saturated heterocycles. The number of ether oxygens (including phenoxy) is 1. The van der Waals surface area contributed by atoms with Crippen LogP contribution in [0.1, 0.15) is 67.2 Å². The summed E-state index contributed by atoms with van der Waals surface area (Å²) in [5.41, 5.74) is 2.65. The molecule has 1 amide bonds. The van der Waals surface area contributed by atoms with Gasteiger partial charge in [-0.3, -0.25) is 4.90 Å². The van der Waals surface area contributed by atoms with Gasteiger partial charge in [-0.25, -0.2) is 14.4 Å². The lowest BCUT2D eigenvalue weighted by molar-refractivity contribution is -0.0168. The summed E-state index contributed by atoms with van der Waals surface area (Å²) in [6.07, 6.45) is -1.03. The number of β-amino-alcohol motifs (C(OH)–C–C–N with tert-alkyl or cyclic N) is 1. The van der Waals surface area contributed by atoms with Crippen LogP contribution in [0.3, 0.4) is 0 Å². The smallest absolute Gasteiger partial charge is 0.410 e. The number of aliphatic hydroxyl groups excluding tert-OH is 1. The third kappa shape index (κ3) is 5.41. The summed E-state index contributed by atoms with van der Waals surface area (Å²) >= 11 is 0. The summed E-state index contributed by atoms with van der Waals surface area (Å²) in [6, 6.07) is 12.0. The Morgan fingerprint density at radius 1 is 1.16 bits per heavy atom. The Kier molecular flexibility index (Phi) is 6.93. The highest BCUT2D eigenvalue weighted by Crippen LogP contribution is 2.39. The molecule has 0 bridgehead atoms. The van der Waals surface area contributed by atoms with E-state index in [1.807, 2.05) is 44.1 Å². The minimum Gasteiger partial charge on any atom is -0.478 e. The topological polar surface area (TPSA) is 107 Å². The lowest BCUT2D eigenvalue weighted by atomic mass is 9.76. The average Bonchev–Trinajstić information content (AvgIpc) is 2.81. The number of carboxylic acids is 1. The maximum absolute atomic E-state index is 13.2. The van der Waals surface area contributed by atoms with Crippen molar-refractivity contribution >= 4 is 23.7 Å². The number of hydrogen-bond donors (Lipinski definition) is 2. The van der Waals surface area contributed by atoms with E-state index < -0.39 is 35.2 Å². The number of fused-ring (bicyclic) bond motifs is 2. The second kappa shape index (κ2) is 9.69. The van der Waals surface area contributed by atoms with Gasteiger partial charge in [0.05, 0.1) is 17.7 Å². The molecule has 2 heterocycles. The van der Waals surface area contributed by atoms with Crippen LogP contribution in [0, 0.1) is 0 Å². The maximum Gasteiger partial charge on any atom is 0.410 e. The van der Waals surface area contributed by atoms with Crippen molar-refractivity contribution in [2.75, 3.05) is 13.1 Å². The first-order valence-corrected chi connectivity index (χ1v) is 12.4. The zero-order chi connectivity index (χ0) is 27.1. The van der Waals surface area contributed by atoms with Crippen molar-refractivity contribution in [2.24, 2.45) is 0 Å². The van der Waals surface area contributed by atoms with Crippen LogP contribution in [0.2, 0.25) is 0 Å². The van der Waals surface area contributed by atoms with Gasteiger partial charge in [-0.15, -0.1) is 0 Å². The highest BCUT2D eigenvalue weighted by molar-refractivity contribution is 5.92. The van der Waals surface area contributed by atoms with E-state index >= 15 is 0 Å². The Morgan fingerprint density at radius 3 is 2.46 bits per heavy atom. The lowest BCUT2D eigenvalue weighted by Gasteiger charge is -2.45. The Balaban J connectivity index is 1.64. The van der Waals surface area contributed by atoms with E-state index in [2.05, 4.69) is 0 Å². The third-order valence-electron chi connectivity index (χ3n) is 7.02. The molecule has 0 aromatic heterocycles. The summed E-state index contributed by atoms with van der Waals surface area (Å²) in [6.45, 7) is 10.1. The molecule has 2 aliphatic rings. The predicted octanol–water partition coefficient (Wildman–Crippen LogP) is 3.87. The largest absolute Gasteiger partial charge is 0.478 e. The summed E-state index contributed by atoms with van der Waals surface area (Å²) in [4.78, 5) is 40.2. The number of benzene rings is 2. The number of aromatic carboxylic acids is 1. The molecule has 2 aromatic rings. The molecule has 2 aliphatic heterocycles. The molecule has 37 heavy (non-hydrogen) atoms. The van der Waals surface area contributed by atoms with E-state index in [4.69, 9.17) is 4.74 Å². The number of carboxylic acid groups (broad SMARTS) is 1. The highest BCUT2D eigenvalue weighted by atomic mass is 16.6. The van der Waals surface area contributed by atoms with E-state index in [1.54, 1.807) is 42.7 Å². The second-order valence-electron chi connectivity index (χ2n) is 11.5. The van der Waals surface area contributed by atoms with Gasteiger partial charge in [0, 0.05) is 30.6 Å². The van der Waals surface area contributed by atoms with Gasteiger partial charge in [0.2, 0.25) is 0 Å². The molecule has 4 rings (SSSR count). The molecule has 0 spiro atoms. The fraction of sp³-hybridized carbons (Fsp3) is 0.448. The van der Waals surface area contributed by atoms with Crippen molar-refractivity contribution in [1.29, 1.82) is 0 Å². The molecule has 2 atom stereocenters. The quantitative estimate of drug-likeness (QED) is 0.606. The van der Waals surface area contributed by atoms with Gasteiger partial charge >= 0.3 is 12.1 Å². The van der Waals surface area contributed by atoms with E-state index in [9.17, 15) is 24.6 Å². The van der Waals surface area contributed by atoms with Crippen molar-refractivity contribution < 1.29 is 29.3 Å². The van der Waals surface area contributed by atoms with Crippen molar-refractivity contribution in [3.05, 3.63) is 70.3 Å². The van der Waals surface area contributed by atoms with Crippen molar-refractivity contribution in [2.45, 2.75) is 70.7 Å². The normalized spacial score (nSPS) is 19.4. The number of nitrogens with zero attached hydrogens (tertiary/aromatic N) is 2. The van der Waals surface area contributed by atoms with Crippen LogP contribution < -0.4 is 0 Å². The van der Waals surface area contributed by atoms with E-state index in [0.717, 1.165) is 16.7 Å². The molecular formula is C29H34N2O6. The van der Waals surface area contributed by atoms with Gasteiger partial charge in [-0.2, -0.15) is 0 Å². The molecule has 0 unspecified atom stereocenters. The number of rotatable bonds is 4. The molecule has 196 valence electrons. The molecule has 2 aromatic carbocycles. The number of hydrogen-bond acceptors (Lipinski definition) is 6. The first kappa shape index (κ1) is 26.5. The van der Waals surface area contributed by atoms with Gasteiger partial charge in [0.25, 0.3) is 0 Å². The summed E-state index contributed by atoms with van der Waals surface area (Å²) in [5.74, 6) is 0.980. The van der Waals surface area contributed by atoms with Crippen LogP contribution in [0.25, 0.3) is 5.70 Å². The van der Waals surface area contributed by atoms with Crippen molar-refractivity contribution in [1.82, 2.24) is 9.80 Å². The van der Waals surface area contributed by atoms with Crippen molar-refractivity contribution in [3.63, 3.8) is 0 Å². The third-order valence-corrected chi connectivity index (χ3v) is 7.02. The summed E-state index contributed by atoms with van der Waals surface area (Å²) < 4.78 is 5.66. The van der Waals surface area contributed by atoms with Crippen LogP contribution in [0.15, 0.2) is 42.5 Å². The van der Waals surface area contributed by atoms with E-state index in [0.29, 0.717) is 25.1 Å². The average molecular weight is 507 g/mol. The summed E-state index contributed by atoms with van der Waals surface area (Å²) in [7, 11) is 0. The van der Waals surface area contributed by atoms with Gasteiger partial charge in [0.1, 0.15) is 11.3 Å². The molecule has 0 radical (unpaired) electrons. The van der Waals surface area contributed by atoms with E-state index in [1.165, 1.54) is 6.07 Å². The van der Waals surface area contributed by atoms with Gasteiger partial charge in [-0.05, 0) is 56.0 Å².